The highest BCUT2D eigenvalue weighted by molar-refractivity contribution is 7.90. The second-order valence-electron chi connectivity index (χ2n) is 7.47. The lowest BCUT2D eigenvalue weighted by Gasteiger charge is -2.08. The summed E-state index contributed by atoms with van der Waals surface area (Å²) in [6.45, 7) is 5.92. The first-order valence-corrected chi connectivity index (χ1v) is 11.7. The molecule has 7 nitrogen and oxygen atoms in total. The number of nitrogens with one attached hydrogen (secondary N) is 1. The molecule has 0 aliphatic heterocycles. The van der Waals surface area contributed by atoms with Gasteiger partial charge in [-0.15, -0.1) is 0 Å². The molecule has 2 heterocycles. The first-order chi connectivity index (χ1) is 14.2. The lowest BCUT2D eigenvalue weighted by atomic mass is 10.1. The molecule has 3 rings (SSSR count). The van der Waals surface area contributed by atoms with Crippen molar-refractivity contribution >= 4 is 32.9 Å². The van der Waals surface area contributed by atoms with Gasteiger partial charge in [-0.2, -0.15) is 5.10 Å². The van der Waals surface area contributed by atoms with Gasteiger partial charge in [-0.25, -0.2) is 13.1 Å². The maximum Gasteiger partial charge on any atom is 0.257 e. The van der Waals surface area contributed by atoms with Crippen LogP contribution in [-0.2, 0) is 21.9 Å². The van der Waals surface area contributed by atoms with Gasteiger partial charge < -0.3 is 4.57 Å². The van der Waals surface area contributed by atoms with Gasteiger partial charge in [0, 0.05) is 30.3 Å². The van der Waals surface area contributed by atoms with Crippen molar-refractivity contribution < 1.29 is 13.2 Å². The molecule has 1 aromatic carbocycles. The van der Waals surface area contributed by atoms with Crippen molar-refractivity contribution in [2.45, 2.75) is 40.0 Å². The number of rotatable bonds is 8. The lowest BCUT2D eigenvalue weighted by molar-refractivity contribution is -0.114. The summed E-state index contributed by atoms with van der Waals surface area (Å²) in [7, 11) is -1.78. The van der Waals surface area contributed by atoms with E-state index in [1.165, 1.54) is 11.6 Å². The number of aryl methyl sites for hydroxylation is 3. The van der Waals surface area contributed by atoms with Crippen molar-refractivity contribution in [1.29, 1.82) is 0 Å². The van der Waals surface area contributed by atoms with Crippen LogP contribution in [-0.4, -0.2) is 34.4 Å². The van der Waals surface area contributed by atoms with Gasteiger partial charge in [0.15, 0.2) is 0 Å². The number of benzene rings is 1. The van der Waals surface area contributed by atoms with Crippen LogP contribution in [0.15, 0.2) is 36.5 Å². The number of sulfonamides is 1. The Hall–Kier alpha value is -2.87. The number of amides is 1. The van der Waals surface area contributed by atoms with Crippen LogP contribution < -0.4 is 4.72 Å². The third kappa shape index (κ3) is 4.64. The van der Waals surface area contributed by atoms with Crippen LogP contribution in [0.25, 0.3) is 22.8 Å². The van der Waals surface area contributed by atoms with Gasteiger partial charge in [0.25, 0.3) is 5.91 Å². The molecule has 2 aromatic heterocycles. The molecule has 0 aliphatic rings. The monoisotopic (exact) mass is 428 g/mol. The summed E-state index contributed by atoms with van der Waals surface area (Å²) in [5, 5.41) is 5.63. The molecule has 0 saturated carbocycles. The number of unbranched alkanes of at least 4 members (excludes halogenated alkanes) is 2. The Balaban J connectivity index is 1.89. The fraction of sp³-hybridized carbons (Fsp3) is 0.364. The predicted octanol–water partition coefficient (Wildman–Crippen LogP) is 3.63. The van der Waals surface area contributed by atoms with E-state index in [2.05, 4.69) is 28.9 Å². The molecular formula is C22H28N4O3S. The van der Waals surface area contributed by atoms with E-state index < -0.39 is 15.9 Å². The molecule has 0 saturated heterocycles. The third-order valence-corrected chi connectivity index (χ3v) is 6.43. The second-order valence-corrected chi connectivity index (χ2v) is 9.31. The SMILES string of the molecule is CCCCCS(=O)(=O)NC(=O)C=Cc1c(C)nn(C)c1-n1ccc2c(C)cccc21. The van der Waals surface area contributed by atoms with Crippen molar-refractivity contribution in [3.05, 3.63) is 53.4 Å². The topological polar surface area (TPSA) is 86.0 Å². The third-order valence-electron chi connectivity index (χ3n) is 5.09. The Morgan fingerprint density at radius 1 is 1.20 bits per heavy atom. The number of nitrogens with zero attached hydrogens (tertiary/aromatic N) is 3. The zero-order chi connectivity index (χ0) is 21.9. The van der Waals surface area contributed by atoms with Crippen LogP contribution in [0.2, 0.25) is 0 Å². The summed E-state index contributed by atoms with van der Waals surface area (Å²) in [5.74, 6) is 0.101. The van der Waals surface area contributed by atoms with E-state index in [0.717, 1.165) is 40.8 Å². The van der Waals surface area contributed by atoms with Gasteiger partial charge in [-0.1, -0.05) is 31.9 Å². The van der Waals surface area contributed by atoms with Crippen molar-refractivity contribution in [2.24, 2.45) is 7.05 Å². The van der Waals surface area contributed by atoms with E-state index in [9.17, 15) is 13.2 Å². The van der Waals surface area contributed by atoms with Crippen LogP contribution in [0.4, 0.5) is 0 Å². The molecule has 8 heteroatoms. The Morgan fingerprint density at radius 2 is 1.97 bits per heavy atom. The Bertz CT molecular complexity index is 1200. The zero-order valence-corrected chi connectivity index (χ0v) is 18.7. The summed E-state index contributed by atoms with van der Waals surface area (Å²) >= 11 is 0. The van der Waals surface area contributed by atoms with Gasteiger partial charge in [0.1, 0.15) is 5.82 Å². The van der Waals surface area contributed by atoms with Crippen LogP contribution in [0.5, 0.6) is 0 Å². The number of hydrogen-bond acceptors (Lipinski definition) is 4. The maximum atomic E-state index is 12.2. The maximum absolute atomic E-state index is 12.2. The highest BCUT2D eigenvalue weighted by Crippen LogP contribution is 2.27. The van der Waals surface area contributed by atoms with Crippen LogP contribution in [0, 0.1) is 13.8 Å². The summed E-state index contributed by atoms with van der Waals surface area (Å²) in [6, 6.07) is 8.15. The number of carbonyl (C=O) groups is 1. The Labute approximate surface area is 177 Å². The summed E-state index contributed by atoms with van der Waals surface area (Å²) < 4.78 is 30.0. The highest BCUT2D eigenvalue weighted by Gasteiger charge is 2.17. The minimum atomic E-state index is -3.63. The average molecular weight is 429 g/mol. The quantitative estimate of drug-likeness (QED) is 0.438. The van der Waals surface area contributed by atoms with Gasteiger partial charge >= 0.3 is 0 Å². The first kappa shape index (κ1) is 21.8. The highest BCUT2D eigenvalue weighted by atomic mass is 32.2. The smallest absolute Gasteiger partial charge is 0.257 e. The molecule has 0 spiro atoms. The number of carbonyl (C=O) groups excluding carboxylic acids is 1. The minimum Gasteiger partial charge on any atom is -0.301 e. The normalized spacial score (nSPS) is 12.1. The molecule has 0 fully saturated rings. The van der Waals surface area contributed by atoms with E-state index >= 15 is 0 Å². The molecule has 0 aliphatic carbocycles. The zero-order valence-electron chi connectivity index (χ0n) is 17.8. The van der Waals surface area contributed by atoms with Crippen molar-refractivity contribution in [3.63, 3.8) is 0 Å². The van der Waals surface area contributed by atoms with Crippen molar-refractivity contribution in [3.8, 4) is 5.82 Å². The van der Waals surface area contributed by atoms with Crippen molar-refractivity contribution in [1.82, 2.24) is 19.1 Å². The summed E-state index contributed by atoms with van der Waals surface area (Å²) in [5.41, 5.74) is 3.72. The fourth-order valence-corrected chi connectivity index (χ4v) is 4.65. The van der Waals surface area contributed by atoms with Gasteiger partial charge in [0.05, 0.1) is 17.0 Å². The summed E-state index contributed by atoms with van der Waals surface area (Å²) in [4.78, 5) is 12.2. The minimum absolute atomic E-state index is 0.0493. The van der Waals surface area contributed by atoms with E-state index in [4.69, 9.17) is 0 Å². The fourth-order valence-electron chi connectivity index (χ4n) is 3.59. The van der Waals surface area contributed by atoms with Crippen LogP contribution in [0.3, 0.4) is 0 Å². The largest absolute Gasteiger partial charge is 0.301 e. The lowest BCUT2D eigenvalue weighted by Crippen LogP contribution is -2.31. The first-order valence-electron chi connectivity index (χ1n) is 10.1. The Morgan fingerprint density at radius 3 is 2.70 bits per heavy atom. The number of hydrogen-bond donors (Lipinski definition) is 1. The van der Waals surface area contributed by atoms with Crippen molar-refractivity contribution in [2.75, 3.05) is 5.75 Å². The molecule has 160 valence electrons. The van der Waals surface area contributed by atoms with Crippen LogP contribution in [0.1, 0.15) is 43.0 Å². The molecule has 3 aromatic rings. The summed E-state index contributed by atoms with van der Waals surface area (Å²) in [6.07, 6.45) is 7.12. The number of aromatic nitrogens is 3. The van der Waals surface area contributed by atoms with E-state index in [0.29, 0.717) is 6.42 Å². The van der Waals surface area contributed by atoms with Gasteiger partial charge in [-0.05, 0) is 44.0 Å². The Kier molecular flexibility index (Phi) is 6.45. The molecule has 0 atom stereocenters. The van der Waals surface area contributed by atoms with Crippen LogP contribution >= 0.6 is 0 Å². The standard InChI is InChI=1S/C22H28N4O3S/c1-5-6-7-15-30(28,29)24-21(27)12-11-19-17(3)23-25(4)22(19)26-14-13-18-16(2)9-8-10-20(18)26/h8-14H,5-7,15H2,1-4H3,(H,24,27). The van der Waals surface area contributed by atoms with E-state index in [-0.39, 0.29) is 5.75 Å². The number of fused-ring (bicyclic) bond motifs is 1. The second kappa shape index (κ2) is 8.87. The average Bonchev–Trinajstić information content (AvgIpc) is 3.20. The molecule has 1 amide bonds. The van der Waals surface area contributed by atoms with Gasteiger partial charge in [-0.3, -0.25) is 9.48 Å². The molecule has 1 N–H and O–H groups in total. The molecule has 0 bridgehead atoms. The predicted molar refractivity (Wildman–Crippen MR) is 120 cm³/mol. The van der Waals surface area contributed by atoms with E-state index in [1.54, 1.807) is 10.8 Å². The van der Waals surface area contributed by atoms with E-state index in [1.807, 2.05) is 43.8 Å². The molecule has 30 heavy (non-hydrogen) atoms. The van der Waals surface area contributed by atoms with Gasteiger partial charge in [0.2, 0.25) is 10.0 Å². The molecule has 0 unspecified atom stereocenters. The molecule has 0 radical (unpaired) electrons. The molecular weight excluding hydrogens is 400 g/mol.